The first kappa shape index (κ1) is 11.4. The lowest BCUT2D eigenvalue weighted by Crippen LogP contribution is -2.43. The van der Waals surface area contributed by atoms with E-state index in [0.717, 1.165) is 32.1 Å². The molecule has 4 nitrogen and oxygen atoms in total. The van der Waals surface area contributed by atoms with Gasteiger partial charge >= 0.3 is 5.97 Å². The molecule has 2 rings (SSSR count). The Kier molecular flexibility index (Phi) is 3.17. The minimum Gasteiger partial charge on any atom is -0.481 e. The number of hydrogen-bond acceptors (Lipinski definition) is 2. The molecular weight excluding hydrogens is 206 g/mol. The molecule has 0 radical (unpaired) electrons. The Bertz CT molecular complexity index is 295. The third-order valence-corrected chi connectivity index (χ3v) is 3.62. The van der Waals surface area contributed by atoms with E-state index >= 15 is 0 Å². The van der Waals surface area contributed by atoms with E-state index in [1.807, 2.05) is 4.90 Å². The van der Waals surface area contributed by atoms with E-state index in [4.69, 9.17) is 5.11 Å². The van der Waals surface area contributed by atoms with Gasteiger partial charge in [0.25, 0.3) is 0 Å². The third-order valence-electron chi connectivity index (χ3n) is 3.62. The van der Waals surface area contributed by atoms with Crippen molar-refractivity contribution in [2.45, 2.75) is 45.1 Å². The summed E-state index contributed by atoms with van der Waals surface area (Å²) >= 11 is 0. The first-order chi connectivity index (χ1) is 7.59. The van der Waals surface area contributed by atoms with Crippen molar-refractivity contribution in [3.05, 3.63) is 0 Å². The fourth-order valence-corrected chi connectivity index (χ4v) is 2.07. The number of carbonyl (C=O) groups excluding carboxylic acids is 1. The molecule has 0 unspecified atom stereocenters. The molecule has 16 heavy (non-hydrogen) atoms. The first-order valence-electron chi connectivity index (χ1n) is 6.13. The molecule has 0 aromatic rings. The minimum absolute atomic E-state index is 0.182. The second-order valence-corrected chi connectivity index (χ2v) is 5.09. The van der Waals surface area contributed by atoms with Gasteiger partial charge < -0.3 is 10.0 Å². The maximum absolute atomic E-state index is 12.1. The number of carboxylic acid groups (broad SMARTS) is 1. The first-order valence-corrected chi connectivity index (χ1v) is 6.13. The summed E-state index contributed by atoms with van der Waals surface area (Å²) in [5.41, 5.74) is 0. The van der Waals surface area contributed by atoms with Crippen LogP contribution in [0.2, 0.25) is 0 Å². The van der Waals surface area contributed by atoms with E-state index in [-0.39, 0.29) is 11.8 Å². The van der Waals surface area contributed by atoms with Crippen LogP contribution in [0.25, 0.3) is 0 Å². The summed E-state index contributed by atoms with van der Waals surface area (Å²) in [5.74, 6) is -0.889. The molecule has 2 fully saturated rings. The summed E-state index contributed by atoms with van der Waals surface area (Å²) < 4.78 is 0. The van der Waals surface area contributed by atoms with Gasteiger partial charge in [0.15, 0.2) is 0 Å². The number of rotatable bonds is 5. The number of nitrogens with zero attached hydrogens (tertiary/aromatic N) is 1. The van der Waals surface area contributed by atoms with Gasteiger partial charge in [-0.15, -0.1) is 0 Å². The molecule has 4 heteroatoms. The summed E-state index contributed by atoms with van der Waals surface area (Å²) in [4.78, 5) is 24.7. The number of hydrogen-bond donors (Lipinski definition) is 1. The highest BCUT2D eigenvalue weighted by Crippen LogP contribution is 2.34. The molecule has 0 heterocycles. The predicted molar refractivity (Wildman–Crippen MR) is 58.9 cm³/mol. The Labute approximate surface area is 95.6 Å². The molecule has 0 aromatic carbocycles. The highest BCUT2D eigenvalue weighted by atomic mass is 16.4. The largest absolute Gasteiger partial charge is 0.481 e. The summed E-state index contributed by atoms with van der Waals surface area (Å²) in [6.07, 6.45) is 5.21. The third kappa shape index (κ3) is 2.36. The standard InChI is InChI=1S/C12H19NO3/c1-8(12(15)16)7-13(10-5-6-10)11(14)9-3-2-4-9/h8-10H,2-7H2,1H3,(H,15,16)/t8-/m1/s1. The van der Waals surface area contributed by atoms with Crippen LogP contribution < -0.4 is 0 Å². The lowest BCUT2D eigenvalue weighted by Gasteiger charge is -2.32. The topological polar surface area (TPSA) is 57.6 Å². The quantitative estimate of drug-likeness (QED) is 0.771. The highest BCUT2D eigenvalue weighted by Gasteiger charge is 2.38. The Morgan fingerprint density at radius 3 is 2.31 bits per heavy atom. The SMILES string of the molecule is C[C@H](CN(C(=O)C1CCC1)C1CC1)C(=O)O. The van der Waals surface area contributed by atoms with Crippen LogP contribution in [0, 0.1) is 11.8 Å². The number of aliphatic carboxylic acids is 1. The summed E-state index contributed by atoms with van der Waals surface area (Å²) in [6.45, 7) is 2.06. The van der Waals surface area contributed by atoms with E-state index in [1.54, 1.807) is 6.92 Å². The van der Waals surface area contributed by atoms with Crippen LogP contribution in [-0.4, -0.2) is 34.5 Å². The lowest BCUT2D eigenvalue weighted by molar-refractivity contribution is -0.145. The molecule has 2 aliphatic carbocycles. The zero-order chi connectivity index (χ0) is 11.7. The van der Waals surface area contributed by atoms with Crippen molar-refractivity contribution >= 4 is 11.9 Å². The normalized spacial score (nSPS) is 22.3. The van der Waals surface area contributed by atoms with Crippen LogP contribution >= 0.6 is 0 Å². The molecule has 1 N–H and O–H groups in total. The predicted octanol–water partition coefficient (Wildman–Crippen LogP) is 1.50. The van der Waals surface area contributed by atoms with E-state index < -0.39 is 11.9 Å². The smallest absolute Gasteiger partial charge is 0.308 e. The van der Waals surface area contributed by atoms with Gasteiger partial charge in [-0.3, -0.25) is 9.59 Å². The van der Waals surface area contributed by atoms with Gasteiger partial charge in [0.1, 0.15) is 0 Å². The van der Waals surface area contributed by atoms with Crippen LogP contribution in [-0.2, 0) is 9.59 Å². The Morgan fingerprint density at radius 2 is 1.94 bits per heavy atom. The van der Waals surface area contributed by atoms with Crippen molar-refractivity contribution in [3.8, 4) is 0 Å². The van der Waals surface area contributed by atoms with E-state index in [0.29, 0.717) is 12.6 Å². The number of amides is 1. The fraction of sp³-hybridized carbons (Fsp3) is 0.833. The average molecular weight is 225 g/mol. The van der Waals surface area contributed by atoms with Crippen LogP contribution in [0.4, 0.5) is 0 Å². The van der Waals surface area contributed by atoms with E-state index in [1.165, 1.54) is 0 Å². The molecule has 0 saturated heterocycles. The van der Waals surface area contributed by atoms with Crippen molar-refractivity contribution in [2.75, 3.05) is 6.54 Å². The van der Waals surface area contributed by atoms with Crippen molar-refractivity contribution in [1.29, 1.82) is 0 Å². The zero-order valence-corrected chi connectivity index (χ0v) is 9.69. The fourth-order valence-electron chi connectivity index (χ4n) is 2.07. The molecule has 0 aliphatic heterocycles. The Balaban J connectivity index is 1.93. The molecule has 90 valence electrons. The minimum atomic E-state index is -0.813. The zero-order valence-electron chi connectivity index (χ0n) is 9.69. The van der Waals surface area contributed by atoms with E-state index in [9.17, 15) is 9.59 Å². The van der Waals surface area contributed by atoms with Gasteiger partial charge in [-0.05, 0) is 25.7 Å². The molecule has 1 atom stereocenters. The number of carboxylic acids is 1. The average Bonchev–Trinajstić information content (AvgIpc) is 2.93. The van der Waals surface area contributed by atoms with Gasteiger partial charge in [-0.1, -0.05) is 13.3 Å². The van der Waals surface area contributed by atoms with Crippen molar-refractivity contribution in [1.82, 2.24) is 4.90 Å². The van der Waals surface area contributed by atoms with Crippen molar-refractivity contribution in [2.24, 2.45) is 11.8 Å². The molecular formula is C12H19NO3. The van der Waals surface area contributed by atoms with Crippen LogP contribution in [0.15, 0.2) is 0 Å². The molecule has 2 saturated carbocycles. The maximum atomic E-state index is 12.1. The van der Waals surface area contributed by atoms with Crippen LogP contribution in [0.3, 0.4) is 0 Å². The second-order valence-electron chi connectivity index (χ2n) is 5.09. The molecule has 1 amide bonds. The summed E-state index contributed by atoms with van der Waals surface area (Å²) in [6, 6.07) is 0.329. The maximum Gasteiger partial charge on any atom is 0.308 e. The van der Waals surface area contributed by atoms with Crippen molar-refractivity contribution in [3.63, 3.8) is 0 Å². The van der Waals surface area contributed by atoms with Crippen LogP contribution in [0.1, 0.15) is 39.0 Å². The Hall–Kier alpha value is -1.06. The number of carbonyl (C=O) groups is 2. The molecule has 0 aromatic heterocycles. The molecule has 0 spiro atoms. The monoisotopic (exact) mass is 225 g/mol. The second kappa shape index (κ2) is 4.44. The Morgan fingerprint density at radius 1 is 1.31 bits per heavy atom. The highest BCUT2D eigenvalue weighted by molar-refractivity contribution is 5.81. The van der Waals surface area contributed by atoms with Crippen LogP contribution in [0.5, 0.6) is 0 Å². The molecule has 2 aliphatic rings. The van der Waals surface area contributed by atoms with Gasteiger partial charge in [-0.25, -0.2) is 0 Å². The molecule has 0 bridgehead atoms. The lowest BCUT2D eigenvalue weighted by atomic mass is 9.84. The summed E-state index contributed by atoms with van der Waals surface area (Å²) in [7, 11) is 0. The summed E-state index contributed by atoms with van der Waals surface area (Å²) in [5, 5.41) is 8.89. The van der Waals surface area contributed by atoms with Gasteiger partial charge in [0.05, 0.1) is 5.92 Å². The van der Waals surface area contributed by atoms with Gasteiger partial charge in [0.2, 0.25) is 5.91 Å². The van der Waals surface area contributed by atoms with Gasteiger partial charge in [-0.2, -0.15) is 0 Å². The van der Waals surface area contributed by atoms with Gasteiger partial charge in [0, 0.05) is 18.5 Å². The van der Waals surface area contributed by atoms with E-state index in [2.05, 4.69) is 0 Å². The van der Waals surface area contributed by atoms with Crippen molar-refractivity contribution < 1.29 is 14.7 Å².